The molecule has 7 heteroatoms. The van der Waals surface area contributed by atoms with E-state index in [0.29, 0.717) is 0 Å². The quantitative estimate of drug-likeness (QED) is 0.734. The Morgan fingerprint density at radius 3 is 2.50 bits per heavy atom. The SMILES string of the molecule is Cc1ccc(C(=O)NC2CCC(n3nc(-c4ccncc4)ccc3=O)CC2)s1. The number of rotatable bonds is 4. The molecule has 3 aromatic rings. The molecule has 1 aliphatic carbocycles. The number of aryl methyl sites for hydroxylation is 1. The monoisotopic (exact) mass is 394 g/mol. The summed E-state index contributed by atoms with van der Waals surface area (Å²) in [6.07, 6.45) is 6.76. The van der Waals surface area contributed by atoms with Gasteiger partial charge in [0.15, 0.2) is 0 Å². The number of thiophene rings is 1. The van der Waals surface area contributed by atoms with Crippen LogP contribution in [0.5, 0.6) is 0 Å². The van der Waals surface area contributed by atoms with Crippen molar-refractivity contribution in [2.24, 2.45) is 0 Å². The lowest BCUT2D eigenvalue weighted by atomic mass is 9.91. The van der Waals surface area contributed by atoms with E-state index in [1.807, 2.05) is 31.2 Å². The molecular weight excluding hydrogens is 372 g/mol. The topological polar surface area (TPSA) is 76.9 Å². The number of amides is 1. The first-order chi connectivity index (χ1) is 13.6. The van der Waals surface area contributed by atoms with Crippen molar-refractivity contribution in [2.75, 3.05) is 0 Å². The van der Waals surface area contributed by atoms with Crippen LogP contribution >= 0.6 is 11.3 Å². The minimum absolute atomic E-state index is 0.00322. The molecule has 0 saturated heterocycles. The Hall–Kier alpha value is -2.80. The predicted octanol–water partition coefficient (Wildman–Crippen LogP) is 3.59. The lowest BCUT2D eigenvalue weighted by Crippen LogP contribution is -2.39. The summed E-state index contributed by atoms with van der Waals surface area (Å²) in [5.74, 6) is -0.00322. The summed E-state index contributed by atoms with van der Waals surface area (Å²) in [5.41, 5.74) is 1.63. The molecule has 3 aromatic heterocycles. The standard InChI is InChI=1S/C21H22N4O2S/c1-14-2-8-19(28-14)21(27)23-16-3-5-17(6-4-16)25-20(26)9-7-18(24-25)15-10-12-22-13-11-15/h2,7-13,16-17H,3-6H2,1H3,(H,23,27). The third-order valence-electron chi connectivity index (χ3n) is 5.14. The van der Waals surface area contributed by atoms with Gasteiger partial charge in [-0.2, -0.15) is 5.10 Å². The van der Waals surface area contributed by atoms with Gasteiger partial charge in [-0.15, -0.1) is 11.3 Å². The maximum atomic E-state index is 12.4. The lowest BCUT2D eigenvalue weighted by molar-refractivity contribution is 0.0925. The van der Waals surface area contributed by atoms with Crippen LogP contribution in [0.4, 0.5) is 0 Å². The van der Waals surface area contributed by atoms with Gasteiger partial charge >= 0.3 is 0 Å². The fourth-order valence-electron chi connectivity index (χ4n) is 3.64. The highest BCUT2D eigenvalue weighted by Crippen LogP contribution is 2.28. The molecule has 1 saturated carbocycles. The molecule has 0 radical (unpaired) electrons. The molecule has 0 aliphatic heterocycles. The Balaban J connectivity index is 1.42. The van der Waals surface area contributed by atoms with Gasteiger partial charge in [-0.25, -0.2) is 4.68 Å². The van der Waals surface area contributed by atoms with Crippen LogP contribution in [-0.4, -0.2) is 26.7 Å². The predicted molar refractivity (Wildman–Crippen MR) is 110 cm³/mol. The van der Waals surface area contributed by atoms with E-state index in [4.69, 9.17) is 0 Å². The summed E-state index contributed by atoms with van der Waals surface area (Å²) in [4.78, 5) is 30.6. The van der Waals surface area contributed by atoms with Crippen molar-refractivity contribution in [3.8, 4) is 11.3 Å². The summed E-state index contributed by atoms with van der Waals surface area (Å²) in [7, 11) is 0. The molecule has 1 N–H and O–H groups in total. The van der Waals surface area contributed by atoms with E-state index >= 15 is 0 Å². The third kappa shape index (κ3) is 4.04. The second-order valence-electron chi connectivity index (χ2n) is 7.13. The Bertz CT molecular complexity index is 1020. The van der Waals surface area contributed by atoms with E-state index < -0.39 is 0 Å². The molecule has 0 bridgehead atoms. The second kappa shape index (κ2) is 8.06. The average molecular weight is 395 g/mol. The van der Waals surface area contributed by atoms with Crippen LogP contribution in [0, 0.1) is 6.92 Å². The summed E-state index contributed by atoms with van der Waals surface area (Å²) < 4.78 is 1.61. The minimum Gasteiger partial charge on any atom is -0.349 e. The van der Waals surface area contributed by atoms with Gasteiger partial charge in [0, 0.05) is 34.9 Å². The maximum Gasteiger partial charge on any atom is 0.267 e. The molecule has 1 fully saturated rings. The summed E-state index contributed by atoms with van der Waals surface area (Å²) in [6, 6.07) is 11.1. The van der Waals surface area contributed by atoms with Gasteiger partial charge in [-0.1, -0.05) is 0 Å². The number of pyridine rings is 1. The highest BCUT2D eigenvalue weighted by Gasteiger charge is 2.25. The lowest BCUT2D eigenvalue weighted by Gasteiger charge is -2.29. The van der Waals surface area contributed by atoms with Crippen LogP contribution < -0.4 is 10.9 Å². The van der Waals surface area contributed by atoms with Gasteiger partial charge in [-0.3, -0.25) is 14.6 Å². The van der Waals surface area contributed by atoms with Crippen LogP contribution in [0.3, 0.4) is 0 Å². The number of nitrogens with zero attached hydrogens (tertiary/aromatic N) is 3. The molecule has 0 spiro atoms. The van der Waals surface area contributed by atoms with Gasteiger partial charge in [0.25, 0.3) is 11.5 Å². The Morgan fingerprint density at radius 1 is 1.07 bits per heavy atom. The van der Waals surface area contributed by atoms with Crippen molar-refractivity contribution in [3.05, 3.63) is 68.9 Å². The van der Waals surface area contributed by atoms with Gasteiger partial charge in [0.1, 0.15) is 0 Å². The molecule has 6 nitrogen and oxygen atoms in total. The molecule has 1 amide bonds. The summed E-state index contributed by atoms with van der Waals surface area (Å²) >= 11 is 1.51. The molecule has 3 heterocycles. The first-order valence-corrected chi connectivity index (χ1v) is 10.3. The van der Waals surface area contributed by atoms with Crippen LogP contribution in [0.1, 0.15) is 46.3 Å². The third-order valence-corrected chi connectivity index (χ3v) is 6.14. The molecule has 0 unspecified atom stereocenters. The van der Waals surface area contributed by atoms with E-state index in [1.165, 1.54) is 11.3 Å². The molecule has 0 aromatic carbocycles. The zero-order valence-electron chi connectivity index (χ0n) is 15.7. The zero-order chi connectivity index (χ0) is 19.5. The highest BCUT2D eigenvalue weighted by atomic mass is 32.1. The van der Waals surface area contributed by atoms with Crippen LogP contribution in [0.2, 0.25) is 0 Å². The smallest absolute Gasteiger partial charge is 0.267 e. The molecular formula is C21H22N4O2S. The fourth-order valence-corrected chi connectivity index (χ4v) is 4.41. The second-order valence-corrected chi connectivity index (χ2v) is 8.41. The van der Waals surface area contributed by atoms with Gasteiger partial charge in [-0.05, 0) is 62.9 Å². The molecule has 28 heavy (non-hydrogen) atoms. The fraction of sp³-hybridized carbons (Fsp3) is 0.333. The highest BCUT2D eigenvalue weighted by molar-refractivity contribution is 7.13. The first kappa shape index (κ1) is 18.6. The molecule has 1 aliphatic rings. The van der Waals surface area contributed by atoms with E-state index in [2.05, 4.69) is 15.4 Å². The maximum absolute atomic E-state index is 12.4. The number of carbonyl (C=O) groups is 1. The Morgan fingerprint density at radius 2 is 1.82 bits per heavy atom. The summed E-state index contributed by atoms with van der Waals surface area (Å²) in [6.45, 7) is 2.00. The van der Waals surface area contributed by atoms with Crippen molar-refractivity contribution < 1.29 is 4.79 Å². The first-order valence-electron chi connectivity index (χ1n) is 9.48. The van der Waals surface area contributed by atoms with Gasteiger partial charge in [0.2, 0.25) is 0 Å². The summed E-state index contributed by atoms with van der Waals surface area (Å²) in [5, 5.41) is 7.72. The number of carbonyl (C=O) groups excluding carboxylic acids is 1. The van der Waals surface area contributed by atoms with Crippen molar-refractivity contribution in [1.82, 2.24) is 20.1 Å². The normalized spacial score (nSPS) is 19.3. The van der Waals surface area contributed by atoms with Crippen molar-refractivity contribution in [2.45, 2.75) is 44.7 Å². The minimum atomic E-state index is -0.0839. The van der Waals surface area contributed by atoms with Crippen LogP contribution in [-0.2, 0) is 0 Å². The van der Waals surface area contributed by atoms with Gasteiger partial charge < -0.3 is 5.32 Å². The van der Waals surface area contributed by atoms with E-state index in [9.17, 15) is 9.59 Å². The molecule has 0 atom stereocenters. The molecule has 4 rings (SSSR count). The van der Waals surface area contributed by atoms with Crippen molar-refractivity contribution in [1.29, 1.82) is 0 Å². The van der Waals surface area contributed by atoms with Crippen molar-refractivity contribution in [3.63, 3.8) is 0 Å². The number of nitrogens with one attached hydrogen (secondary N) is 1. The van der Waals surface area contributed by atoms with E-state index in [0.717, 1.165) is 46.7 Å². The van der Waals surface area contributed by atoms with Crippen LogP contribution in [0.15, 0.2) is 53.6 Å². The Labute approximate surface area is 167 Å². The number of aromatic nitrogens is 3. The Kier molecular flexibility index (Phi) is 5.34. The number of hydrogen-bond donors (Lipinski definition) is 1. The van der Waals surface area contributed by atoms with E-state index in [-0.39, 0.29) is 23.6 Å². The van der Waals surface area contributed by atoms with Crippen LogP contribution in [0.25, 0.3) is 11.3 Å². The average Bonchev–Trinajstić information content (AvgIpc) is 3.16. The van der Waals surface area contributed by atoms with E-state index in [1.54, 1.807) is 29.2 Å². The molecule has 144 valence electrons. The largest absolute Gasteiger partial charge is 0.349 e. The number of hydrogen-bond acceptors (Lipinski definition) is 5. The zero-order valence-corrected chi connectivity index (χ0v) is 16.5. The van der Waals surface area contributed by atoms with Crippen molar-refractivity contribution >= 4 is 17.2 Å². The van der Waals surface area contributed by atoms with Gasteiger partial charge in [0.05, 0.1) is 16.6 Å².